The number of nitrogens with one attached hydrogen (secondary N) is 1. The maximum atomic E-state index is 11.8. The number of fused-ring (bicyclic) bond motifs is 1. The molecule has 2 heterocycles. The largest absolute Gasteiger partial charge is 0.309 e. The highest BCUT2D eigenvalue weighted by molar-refractivity contribution is 7.14. The lowest BCUT2D eigenvalue weighted by Gasteiger charge is -2.20. The first kappa shape index (κ1) is 14.7. The minimum Gasteiger partial charge on any atom is -0.309 e. The quantitative estimate of drug-likeness (QED) is 0.926. The zero-order valence-electron chi connectivity index (χ0n) is 12.7. The standard InChI is InChI=1S/C16H17N3O2S/c1-9-6-13-7-12(4-5-15(13)19(9)11(3)21)14-8-22-16(18-14)17-10(2)20/h4-5,7-9H,6H2,1-3H3,(H,17,18,20)/t9-/m1/s1. The van der Waals surface area contributed by atoms with Crippen LogP contribution in [0.3, 0.4) is 0 Å². The number of hydrogen-bond acceptors (Lipinski definition) is 4. The van der Waals surface area contributed by atoms with Gasteiger partial charge in [-0.3, -0.25) is 9.59 Å². The van der Waals surface area contributed by atoms with E-state index in [-0.39, 0.29) is 17.9 Å². The molecule has 0 saturated heterocycles. The molecule has 22 heavy (non-hydrogen) atoms. The van der Waals surface area contributed by atoms with Gasteiger partial charge in [0.15, 0.2) is 5.13 Å². The summed E-state index contributed by atoms with van der Waals surface area (Å²) >= 11 is 1.40. The molecule has 0 aliphatic carbocycles. The van der Waals surface area contributed by atoms with E-state index in [0.717, 1.165) is 28.9 Å². The first-order valence-electron chi connectivity index (χ1n) is 7.12. The van der Waals surface area contributed by atoms with Gasteiger partial charge < -0.3 is 10.2 Å². The van der Waals surface area contributed by atoms with E-state index in [0.29, 0.717) is 5.13 Å². The number of anilines is 2. The van der Waals surface area contributed by atoms with Gasteiger partial charge in [-0.1, -0.05) is 6.07 Å². The van der Waals surface area contributed by atoms with Gasteiger partial charge >= 0.3 is 0 Å². The summed E-state index contributed by atoms with van der Waals surface area (Å²) in [5.74, 6) is -0.0543. The first-order valence-corrected chi connectivity index (χ1v) is 8.00. The molecule has 5 nitrogen and oxygen atoms in total. The molecule has 0 unspecified atom stereocenters. The molecule has 0 bridgehead atoms. The summed E-state index contributed by atoms with van der Waals surface area (Å²) in [7, 11) is 0. The number of nitrogens with zero attached hydrogens (tertiary/aromatic N) is 2. The minimum absolute atomic E-state index is 0.0700. The number of carbonyl (C=O) groups excluding carboxylic acids is 2. The lowest BCUT2D eigenvalue weighted by Crippen LogP contribution is -2.33. The second-order valence-electron chi connectivity index (χ2n) is 5.50. The van der Waals surface area contributed by atoms with Gasteiger partial charge in [0.1, 0.15) is 0 Å². The van der Waals surface area contributed by atoms with Crippen molar-refractivity contribution in [2.45, 2.75) is 33.2 Å². The summed E-state index contributed by atoms with van der Waals surface area (Å²) in [6.07, 6.45) is 0.853. The number of hydrogen-bond donors (Lipinski definition) is 1. The van der Waals surface area contributed by atoms with E-state index >= 15 is 0 Å². The van der Waals surface area contributed by atoms with Crippen LogP contribution in [-0.4, -0.2) is 22.8 Å². The summed E-state index contributed by atoms with van der Waals surface area (Å²) in [4.78, 5) is 29.1. The summed E-state index contributed by atoms with van der Waals surface area (Å²) in [6, 6.07) is 6.22. The Labute approximate surface area is 133 Å². The lowest BCUT2D eigenvalue weighted by atomic mass is 10.1. The third-order valence-corrected chi connectivity index (χ3v) is 4.48. The van der Waals surface area contributed by atoms with Crippen LogP contribution in [0.2, 0.25) is 0 Å². The molecular formula is C16H17N3O2S. The van der Waals surface area contributed by atoms with Crippen LogP contribution in [-0.2, 0) is 16.0 Å². The predicted molar refractivity (Wildman–Crippen MR) is 88.2 cm³/mol. The van der Waals surface area contributed by atoms with Gasteiger partial charge in [0.05, 0.1) is 5.69 Å². The number of amides is 2. The number of carbonyl (C=O) groups is 2. The Balaban J connectivity index is 1.92. The second kappa shape index (κ2) is 5.53. The molecule has 0 fully saturated rings. The third-order valence-electron chi connectivity index (χ3n) is 3.72. The van der Waals surface area contributed by atoms with Crippen LogP contribution in [0.15, 0.2) is 23.6 Å². The highest BCUT2D eigenvalue weighted by atomic mass is 32.1. The average molecular weight is 315 g/mol. The maximum absolute atomic E-state index is 11.8. The fraction of sp³-hybridized carbons (Fsp3) is 0.312. The van der Waals surface area contributed by atoms with Crippen molar-refractivity contribution >= 4 is 34.0 Å². The predicted octanol–water partition coefficient (Wildman–Crippen LogP) is 3.07. The molecule has 6 heteroatoms. The van der Waals surface area contributed by atoms with Crippen molar-refractivity contribution in [3.63, 3.8) is 0 Å². The van der Waals surface area contributed by atoms with Gasteiger partial charge in [0.25, 0.3) is 0 Å². The number of benzene rings is 1. The van der Waals surface area contributed by atoms with E-state index in [1.807, 2.05) is 22.4 Å². The topological polar surface area (TPSA) is 62.3 Å². The Morgan fingerprint density at radius 1 is 1.36 bits per heavy atom. The van der Waals surface area contributed by atoms with Crippen molar-refractivity contribution in [2.75, 3.05) is 10.2 Å². The molecular weight excluding hydrogens is 298 g/mol. The highest BCUT2D eigenvalue weighted by Gasteiger charge is 2.29. The fourth-order valence-corrected chi connectivity index (χ4v) is 3.65. The van der Waals surface area contributed by atoms with Crippen molar-refractivity contribution in [3.05, 3.63) is 29.1 Å². The number of rotatable bonds is 2. The molecule has 0 radical (unpaired) electrons. The molecule has 0 spiro atoms. The Morgan fingerprint density at radius 3 is 2.82 bits per heavy atom. The van der Waals surface area contributed by atoms with Crippen LogP contribution < -0.4 is 10.2 Å². The van der Waals surface area contributed by atoms with Gasteiger partial charge in [-0.15, -0.1) is 11.3 Å². The molecule has 1 N–H and O–H groups in total. The maximum Gasteiger partial charge on any atom is 0.224 e. The Morgan fingerprint density at radius 2 is 2.14 bits per heavy atom. The van der Waals surface area contributed by atoms with E-state index in [9.17, 15) is 9.59 Å². The van der Waals surface area contributed by atoms with Crippen LogP contribution in [0, 0.1) is 0 Å². The molecule has 114 valence electrons. The molecule has 3 rings (SSSR count). The highest BCUT2D eigenvalue weighted by Crippen LogP contribution is 2.36. The Hall–Kier alpha value is -2.21. The molecule has 1 aromatic heterocycles. The smallest absolute Gasteiger partial charge is 0.224 e. The van der Waals surface area contributed by atoms with E-state index in [1.165, 1.54) is 18.3 Å². The van der Waals surface area contributed by atoms with Crippen LogP contribution in [0.25, 0.3) is 11.3 Å². The van der Waals surface area contributed by atoms with Crippen molar-refractivity contribution in [2.24, 2.45) is 0 Å². The van der Waals surface area contributed by atoms with Crippen LogP contribution in [0.5, 0.6) is 0 Å². The molecule has 1 aromatic carbocycles. The van der Waals surface area contributed by atoms with E-state index in [1.54, 1.807) is 6.92 Å². The summed E-state index contributed by atoms with van der Waals surface area (Å²) < 4.78 is 0. The van der Waals surface area contributed by atoms with Crippen LogP contribution in [0.4, 0.5) is 10.8 Å². The monoisotopic (exact) mass is 315 g/mol. The second-order valence-corrected chi connectivity index (χ2v) is 6.36. The number of thiazole rings is 1. The SMILES string of the molecule is CC(=O)Nc1nc(-c2ccc3c(c2)C[C@@H](C)N3C(C)=O)cs1. The number of aromatic nitrogens is 1. The Bertz CT molecular complexity index is 754. The van der Waals surface area contributed by atoms with Crippen molar-refractivity contribution < 1.29 is 9.59 Å². The average Bonchev–Trinajstić information content (AvgIpc) is 3.00. The zero-order valence-corrected chi connectivity index (χ0v) is 13.5. The molecule has 0 saturated carbocycles. The molecule has 1 aliphatic rings. The van der Waals surface area contributed by atoms with Crippen LogP contribution in [0.1, 0.15) is 26.3 Å². The van der Waals surface area contributed by atoms with Gasteiger partial charge in [-0.05, 0) is 31.0 Å². The summed E-state index contributed by atoms with van der Waals surface area (Å²) in [5, 5.41) is 5.22. The molecule has 1 aliphatic heterocycles. The van der Waals surface area contributed by atoms with E-state index in [2.05, 4.69) is 23.3 Å². The van der Waals surface area contributed by atoms with Gasteiger partial charge in [0, 0.05) is 36.5 Å². The van der Waals surface area contributed by atoms with Gasteiger partial charge in [-0.25, -0.2) is 4.98 Å². The van der Waals surface area contributed by atoms with Gasteiger partial charge in [-0.2, -0.15) is 0 Å². The molecule has 2 amide bonds. The summed E-state index contributed by atoms with van der Waals surface area (Å²) in [6.45, 7) is 5.12. The first-order chi connectivity index (χ1) is 10.5. The van der Waals surface area contributed by atoms with E-state index < -0.39 is 0 Å². The summed E-state index contributed by atoms with van der Waals surface area (Å²) in [5.41, 5.74) is 3.99. The molecule has 2 aromatic rings. The normalized spacial score (nSPS) is 16.5. The van der Waals surface area contributed by atoms with Crippen molar-refractivity contribution in [1.29, 1.82) is 0 Å². The molecule has 1 atom stereocenters. The third kappa shape index (κ3) is 2.62. The van der Waals surface area contributed by atoms with Gasteiger partial charge in [0.2, 0.25) is 11.8 Å². The van der Waals surface area contributed by atoms with E-state index in [4.69, 9.17) is 0 Å². The Kier molecular flexibility index (Phi) is 3.70. The minimum atomic E-state index is -0.124. The zero-order chi connectivity index (χ0) is 15.9. The van der Waals surface area contributed by atoms with Crippen molar-refractivity contribution in [1.82, 2.24) is 4.98 Å². The van der Waals surface area contributed by atoms with Crippen LogP contribution >= 0.6 is 11.3 Å². The van der Waals surface area contributed by atoms with Crippen molar-refractivity contribution in [3.8, 4) is 11.3 Å². The lowest BCUT2D eigenvalue weighted by molar-refractivity contribution is -0.117. The fourth-order valence-electron chi connectivity index (χ4n) is 2.88.